The van der Waals surface area contributed by atoms with Crippen molar-refractivity contribution in [3.05, 3.63) is 0 Å². The van der Waals surface area contributed by atoms with E-state index in [1.807, 2.05) is 0 Å². The van der Waals surface area contributed by atoms with Crippen LogP contribution in [0, 0.1) is 23.7 Å². The van der Waals surface area contributed by atoms with Crippen molar-refractivity contribution in [1.29, 1.82) is 0 Å². The lowest BCUT2D eigenvalue weighted by Crippen LogP contribution is -2.49. The molecule has 1 N–H and O–H groups in total. The topological polar surface area (TPSA) is 20.2 Å². The highest BCUT2D eigenvalue weighted by Gasteiger charge is 2.61. The molecule has 0 amide bonds. The highest BCUT2D eigenvalue weighted by atomic mass is 19.4. The number of hydrogen-bond acceptors (Lipinski definition) is 1. The van der Waals surface area contributed by atoms with Gasteiger partial charge in [-0.25, -0.2) is 0 Å². The van der Waals surface area contributed by atoms with Gasteiger partial charge in [0.15, 0.2) is 5.92 Å². The van der Waals surface area contributed by atoms with Crippen molar-refractivity contribution in [1.82, 2.24) is 0 Å². The molecule has 0 aromatic rings. The van der Waals surface area contributed by atoms with Gasteiger partial charge in [0, 0.05) is 0 Å². The highest BCUT2D eigenvalue weighted by Crippen LogP contribution is 2.46. The van der Waals surface area contributed by atoms with E-state index in [2.05, 4.69) is 0 Å². The third kappa shape index (κ3) is 4.26. The number of hydrogen-bond donors (Lipinski definition) is 1. The van der Waals surface area contributed by atoms with Gasteiger partial charge in [-0.2, -0.15) is 26.3 Å². The van der Waals surface area contributed by atoms with Gasteiger partial charge in [0.2, 0.25) is 0 Å². The van der Waals surface area contributed by atoms with Crippen LogP contribution in [0.5, 0.6) is 0 Å². The predicted molar refractivity (Wildman–Crippen MR) is 57.3 cm³/mol. The van der Waals surface area contributed by atoms with Gasteiger partial charge in [0.25, 0.3) is 0 Å². The van der Waals surface area contributed by atoms with E-state index in [0.29, 0.717) is 0 Å². The minimum absolute atomic E-state index is 0.0329. The Morgan fingerprint density at radius 3 is 1.53 bits per heavy atom. The van der Waals surface area contributed by atoms with E-state index >= 15 is 0 Å². The van der Waals surface area contributed by atoms with Gasteiger partial charge in [-0.05, 0) is 37.0 Å². The summed E-state index contributed by atoms with van der Waals surface area (Å²) in [6.07, 6.45) is -12.2. The van der Waals surface area contributed by atoms with Crippen LogP contribution in [0.25, 0.3) is 0 Å². The zero-order valence-electron chi connectivity index (χ0n) is 10.7. The fourth-order valence-corrected chi connectivity index (χ4v) is 3.13. The van der Waals surface area contributed by atoms with Crippen molar-refractivity contribution in [2.24, 2.45) is 23.7 Å². The normalized spacial score (nSPS) is 31.6. The SMILES string of the molecule is CC1CC(C)CC(C(O)C(C(F)(F)F)C(F)(F)F)C1. The zero-order valence-corrected chi connectivity index (χ0v) is 10.7. The van der Waals surface area contributed by atoms with Crippen LogP contribution in [-0.4, -0.2) is 23.6 Å². The molecular weight excluding hydrogens is 274 g/mol. The van der Waals surface area contributed by atoms with E-state index in [0.717, 1.165) is 6.42 Å². The van der Waals surface area contributed by atoms with Gasteiger partial charge in [-0.15, -0.1) is 0 Å². The second-order valence-corrected chi connectivity index (χ2v) is 5.73. The van der Waals surface area contributed by atoms with Gasteiger partial charge >= 0.3 is 12.4 Å². The molecule has 0 spiro atoms. The summed E-state index contributed by atoms with van der Waals surface area (Å²) in [5.74, 6) is -4.54. The highest BCUT2D eigenvalue weighted by molar-refractivity contribution is 4.89. The summed E-state index contributed by atoms with van der Waals surface area (Å²) in [6.45, 7) is 3.57. The fourth-order valence-electron chi connectivity index (χ4n) is 3.13. The van der Waals surface area contributed by atoms with Crippen LogP contribution in [0.3, 0.4) is 0 Å². The monoisotopic (exact) mass is 292 g/mol. The van der Waals surface area contributed by atoms with Crippen LogP contribution in [0.15, 0.2) is 0 Å². The maximum absolute atomic E-state index is 12.5. The van der Waals surface area contributed by atoms with Crippen LogP contribution in [0.1, 0.15) is 33.1 Å². The summed E-state index contributed by atoms with van der Waals surface area (Å²) in [7, 11) is 0. The molecule has 1 rings (SSSR count). The lowest BCUT2D eigenvalue weighted by molar-refractivity contribution is -0.312. The molecule has 0 heterocycles. The van der Waals surface area contributed by atoms with Gasteiger partial charge < -0.3 is 5.11 Å². The summed E-state index contributed by atoms with van der Waals surface area (Å²) in [5.41, 5.74) is 0. The largest absolute Gasteiger partial charge is 0.403 e. The van der Waals surface area contributed by atoms with Crippen molar-refractivity contribution in [3.8, 4) is 0 Å². The number of aliphatic hydroxyl groups excluding tert-OH is 1. The third-order valence-corrected chi connectivity index (χ3v) is 3.74. The van der Waals surface area contributed by atoms with Gasteiger partial charge in [0.1, 0.15) is 0 Å². The van der Waals surface area contributed by atoms with Crippen molar-refractivity contribution in [2.75, 3.05) is 0 Å². The molecule has 0 aromatic heterocycles. The van der Waals surface area contributed by atoms with Gasteiger partial charge in [0.05, 0.1) is 6.10 Å². The first-order valence-electron chi connectivity index (χ1n) is 6.24. The van der Waals surface area contributed by atoms with E-state index in [9.17, 15) is 31.4 Å². The van der Waals surface area contributed by atoms with Crippen molar-refractivity contribution >= 4 is 0 Å². The van der Waals surface area contributed by atoms with Gasteiger partial charge in [-0.1, -0.05) is 13.8 Å². The first-order chi connectivity index (χ1) is 8.43. The van der Waals surface area contributed by atoms with Crippen LogP contribution in [0.2, 0.25) is 0 Å². The van der Waals surface area contributed by atoms with E-state index in [-0.39, 0.29) is 24.7 Å². The van der Waals surface area contributed by atoms with Crippen molar-refractivity contribution < 1.29 is 31.4 Å². The molecule has 1 aliphatic carbocycles. The van der Waals surface area contributed by atoms with Crippen LogP contribution in [-0.2, 0) is 0 Å². The second kappa shape index (κ2) is 5.50. The Labute approximate surface area is 108 Å². The summed E-state index contributed by atoms with van der Waals surface area (Å²) in [4.78, 5) is 0. The number of rotatable bonds is 2. The minimum Gasteiger partial charge on any atom is -0.392 e. The van der Waals surface area contributed by atoms with Gasteiger partial charge in [-0.3, -0.25) is 0 Å². The van der Waals surface area contributed by atoms with Crippen LogP contribution < -0.4 is 0 Å². The van der Waals surface area contributed by atoms with E-state index in [4.69, 9.17) is 0 Å². The second-order valence-electron chi connectivity index (χ2n) is 5.73. The summed E-state index contributed by atoms with van der Waals surface area (Å²) >= 11 is 0. The zero-order chi connectivity index (χ0) is 15.0. The Morgan fingerprint density at radius 2 is 1.21 bits per heavy atom. The molecule has 0 radical (unpaired) electrons. The number of aliphatic hydroxyl groups is 1. The lowest BCUT2D eigenvalue weighted by atomic mass is 9.72. The Morgan fingerprint density at radius 1 is 0.842 bits per heavy atom. The molecule has 1 aliphatic rings. The molecule has 1 saturated carbocycles. The van der Waals surface area contributed by atoms with Crippen molar-refractivity contribution in [3.63, 3.8) is 0 Å². The number of alkyl halides is 6. The van der Waals surface area contributed by atoms with E-state index in [1.165, 1.54) is 0 Å². The molecule has 1 nitrogen and oxygen atoms in total. The quantitative estimate of drug-likeness (QED) is 0.758. The van der Waals surface area contributed by atoms with Crippen molar-refractivity contribution in [2.45, 2.75) is 51.6 Å². The smallest absolute Gasteiger partial charge is 0.392 e. The summed E-state index contributed by atoms with van der Waals surface area (Å²) in [5, 5.41) is 9.60. The Balaban J connectivity index is 2.91. The van der Waals surface area contributed by atoms with E-state index in [1.54, 1.807) is 13.8 Å². The molecule has 114 valence electrons. The minimum atomic E-state index is -5.47. The molecule has 1 fully saturated rings. The molecule has 7 heteroatoms. The first-order valence-corrected chi connectivity index (χ1v) is 6.24. The number of halogens is 6. The fraction of sp³-hybridized carbons (Fsp3) is 1.00. The predicted octanol–water partition coefficient (Wildman–Crippen LogP) is 4.16. The first kappa shape index (κ1) is 16.6. The average molecular weight is 292 g/mol. The Hall–Kier alpha value is -0.460. The third-order valence-electron chi connectivity index (χ3n) is 3.74. The standard InChI is InChI=1S/C12H18F6O/c1-6-3-7(2)5-8(4-6)9(19)10(11(13,14)15)12(16,17)18/h6-10,19H,3-5H2,1-2H3. The van der Waals surface area contributed by atoms with E-state index < -0.39 is 30.3 Å². The molecule has 0 bridgehead atoms. The Bertz CT molecular complexity index is 274. The Kier molecular flexibility index (Phi) is 4.80. The van der Waals surface area contributed by atoms with Crippen LogP contribution >= 0.6 is 0 Å². The molecule has 0 aliphatic heterocycles. The molecular formula is C12H18F6O. The lowest BCUT2D eigenvalue weighted by Gasteiger charge is -2.38. The molecule has 19 heavy (non-hydrogen) atoms. The average Bonchev–Trinajstić information content (AvgIpc) is 2.10. The maximum atomic E-state index is 12.5. The van der Waals surface area contributed by atoms with Crippen LogP contribution in [0.4, 0.5) is 26.3 Å². The molecule has 0 saturated heterocycles. The molecule has 3 atom stereocenters. The molecule has 0 aromatic carbocycles. The summed E-state index contributed by atoms with van der Waals surface area (Å²) in [6, 6.07) is 0. The molecule has 3 unspecified atom stereocenters. The maximum Gasteiger partial charge on any atom is 0.403 e. The summed E-state index contributed by atoms with van der Waals surface area (Å²) < 4.78 is 75.2.